The van der Waals surface area contributed by atoms with Crippen molar-refractivity contribution in [3.63, 3.8) is 0 Å². The van der Waals surface area contributed by atoms with Crippen molar-refractivity contribution < 1.29 is 9.90 Å². The summed E-state index contributed by atoms with van der Waals surface area (Å²) < 4.78 is 0. The topological polar surface area (TPSA) is 37.3 Å². The van der Waals surface area contributed by atoms with Crippen LogP contribution in [0.3, 0.4) is 0 Å². The quantitative estimate of drug-likeness (QED) is 0.734. The van der Waals surface area contributed by atoms with Crippen molar-refractivity contribution in [2.45, 2.75) is 70.8 Å². The van der Waals surface area contributed by atoms with Gasteiger partial charge in [0.25, 0.3) is 0 Å². The van der Waals surface area contributed by atoms with Gasteiger partial charge in [-0.3, -0.25) is 4.79 Å². The molecule has 0 amide bonds. The fourth-order valence-corrected chi connectivity index (χ4v) is 6.64. The molecule has 4 saturated carbocycles. The summed E-state index contributed by atoms with van der Waals surface area (Å²) in [5.41, 5.74) is 0.457. The van der Waals surface area contributed by atoms with E-state index in [1.807, 2.05) is 0 Å². The summed E-state index contributed by atoms with van der Waals surface area (Å²) in [5.74, 6) is 4.36. The second-order valence-electron chi connectivity index (χ2n) is 8.43. The molecule has 2 nitrogen and oxygen atoms in total. The van der Waals surface area contributed by atoms with Crippen LogP contribution in [0.15, 0.2) is 0 Å². The fraction of sp³-hybridized carbons (Fsp3) is 0.944. The van der Waals surface area contributed by atoms with Crippen molar-refractivity contribution in [3.8, 4) is 0 Å². The standard InChI is InChI=1S/C18H28O2/c1-18-7-6-13(19)9-12(18)3-4-15-16-10-14(20)8-11(16)2-5-17(15)18/h11-13,15-17,19H,2-10H2,1H3/t11-,12+,13-,15-,16+,17-,18+/m0/s1. The molecule has 0 unspecified atom stereocenters. The monoisotopic (exact) mass is 276 g/mol. The van der Waals surface area contributed by atoms with Crippen LogP contribution in [-0.4, -0.2) is 17.0 Å². The molecule has 0 spiro atoms. The van der Waals surface area contributed by atoms with Crippen molar-refractivity contribution in [2.24, 2.45) is 35.0 Å². The number of ketones is 1. The third-order valence-electron chi connectivity index (χ3n) is 7.67. The molecule has 4 aliphatic carbocycles. The number of carbonyl (C=O) groups is 1. The van der Waals surface area contributed by atoms with Gasteiger partial charge < -0.3 is 5.11 Å². The van der Waals surface area contributed by atoms with E-state index in [4.69, 9.17) is 0 Å². The molecule has 4 fully saturated rings. The summed E-state index contributed by atoms with van der Waals surface area (Å²) >= 11 is 0. The highest BCUT2D eigenvalue weighted by atomic mass is 16.3. The molecule has 2 heteroatoms. The molecule has 0 bridgehead atoms. The minimum atomic E-state index is -0.0472. The maximum absolute atomic E-state index is 11.9. The van der Waals surface area contributed by atoms with Crippen LogP contribution in [-0.2, 0) is 4.79 Å². The van der Waals surface area contributed by atoms with Gasteiger partial charge in [-0.2, -0.15) is 0 Å². The van der Waals surface area contributed by atoms with E-state index < -0.39 is 0 Å². The summed E-state index contributed by atoms with van der Waals surface area (Å²) in [6, 6.07) is 0. The molecule has 20 heavy (non-hydrogen) atoms. The molecule has 4 rings (SSSR count). The SMILES string of the molecule is C[C@@]12CC[C@H](O)C[C@H]1CC[C@H]1[C@@H]3CC(=O)C[C@@H]3CC[C@@H]12. The van der Waals surface area contributed by atoms with E-state index in [1.54, 1.807) is 0 Å². The first-order chi connectivity index (χ1) is 9.58. The number of rotatable bonds is 0. The minimum Gasteiger partial charge on any atom is -0.393 e. The number of carbonyl (C=O) groups excluding carboxylic acids is 1. The molecular weight excluding hydrogens is 248 g/mol. The second kappa shape index (κ2) is 4.56. The first-order valence-electron chi connectivity index (χ1n) is 8.77. The Kier molecular flexibility index (Phi) is 3.03. The minimum absolute atomic E-state index is 0.0472. The highest BCUT2D eigenvalue weighted by Crippen LogP contribution is 2.62. The zero-order chi connectivity index (χ0) is 13.9. The van der Waals surface area contributed by atoms with Crippen LogP contribution in [0.1, 0.15) is 64.7 Å². The lowest BCUT2D eigenvalue weighted by molar-refractivity contribution is -0.118. The Morgan fingerprint density at radius 3 is 2.75 bits per heavy atom. The molecule has 0 aromatic heterocycles. The van der Waals surface area contributed by atoms with Gasteiger partial charge in [-0.1, -0.05) is 6.92 Å². The Morgan fingerprint density at radius 2 is 1.90 bits per heavy atom. The Balaban J connectivity index is 1.60. The van der Waals surface area contributed by atoms with E-state index in [0.717, 1.165) is 49.4 Å². The number of Topliss-reactive ketones (excluding diaryl/α,β-unsaturated/α-hetero) is 1. The fourth-order valence-electron chi connectivity index (χ4n) is 6.64. The van der Waals surface area contributed by atoms with Crippen LogP contribution in [0.4, 0.5) is 0 Å². The molecule has 112 valence electrons. The van der Waals surface area contributed by atoms with E-state index in [9.17, 15) is 9.90 Å². The van der Waals surface area contributed by atoms with Gasteiger partial charge in [0.15, 0.2) is 0 Å². The van der Waals surface area contributed by atoms with Gasteiger partial charge in [0.2, 0.25) is 0 Å². The molecule has 0 radical (unpaired) electrons. The summed E-state index contributed by atoms with van der Waals surface area (Å²) in [6.07, 6.45) is 10.2. The zero-order valence-electron chi connectivity index (χ0n) is 12.7. The molecule has 0 saturated heterocycles. The molecule has 4 aliphatic rings. The summed E-state index contributed by atoms with van der Waals surface area (Å²) in [7, 11) is 0. The maximum atomic E-state index is 11.9. The van der Waals surface area contributed by atoms with Crippen LogP contribution in [0.2, 0.25) is 0 Å². The number of aliphatic hydroxyl groups excluding tert-OH is 1. The van der Waals surface area contributed by atoms with Crippen LogP contribution in [0.5, 0.6) is 0 Å². The highest BCUT2D eigenvalue weighted by molar-refractivity contribution is 5.81. The van der Waals surface area contributed by atoms with Gasteiger partial charge >= 0.3 is 0 Å². The predicted molar refractivity (Wildman–Crippen MR) is 78.1 cm³/mol. The number of hydrogen-bond donors (Lipinski definition) is 1. The average Bonchev–Trinajstić information content (AvgIpc) is 2.80. The average molecular weight is 276 g/mol. The van der Waals surface area contributed by atoms with Gasteiger partial charge in [0.05, 0.1) is 6.10 Å². The molecule has 7 atom stereocenters. The smallest absolute Gasteiger partial charge is 0.133 e. The van der Waals surface area contributed by atoms with Crippen molar-refractivity contribution in [1.29, 1.82) is 0 Å². The summed E-state index contributed by atoms with van der Waals surface area (Å²) in [4.78, 5) is 11.9. The Morgan fingerprint density at radius 1 is 1.05 bits per heavy atom. The van der Waals surface area contributed by atoms with E-state index in [0.29, 0.717) is 17.1 Å². The zero-order valence-corrected chi connectivity index (χ0v) is 12.7. The lowest BCUT2D eigenvalue weighted by Crippen LogP contribution is -2.51. The first-order valence-corrected chi connectivity index (χ1v) is 8.77. The third kappa shape index (κ3) is 1.83. The van der Waals surface area contributed by atoms with Crippen LogP contribution >= 0.6 is 0 Å². The summed E-state index contributed by atoms with van der Waals surface area (Å²) in [5, 5.41) is 10.00. The molecule has 0 heterocycles. The van der Waals surface area contributed by atoms with Gasteiger partial charge in [0.1, 0.15) is 5.78 Å². The molecular formula is C18H28O2. The Bertz CT molecular complexity index is 418. The molecule has 0 aliphatic heterocycles. The number of fused-ring (bicyclic) bond motifs is 5. The van der Waals surface area contributed by atoms with Crippen molar-refractivity contribution in [1.82, 2.24) is 0 Å². The van der Waals surface area contributed by atoms with Crippen molar-refractivity contribution in [3.05, 3.63) is 0 Å². The molecule has 1 N–H and O–H groups in total. The van der Waals surface area contributed by atoms with Gasteiger partial charge in [-0.15, -0.1) is 0 Å². The van der Waals surface area contributed by atoms with Gasteiger partial charge in [0, 0.05) is 12.8 Å². The largest absolute Gasteiger partial charge is 0.393 e. The number of hydrogen-bond acceptors (Lipinski definition) is 2. The van der Waals surface area contributed by atoms with Gasteiger partial charge in [-0.25, -0.2) is 0 Å². The summed E-state index contributed by atoms with van der Waals surface area (Å²) in [6.45, 7) is 2.51. The van der Waals surface area contributed by atoms with E-state index in [-0.39, 0.29) is 6.10 Å². The number of aliphatic hydroxyl groups is 1. The third-order valence-corrected chi connectivity index (χ3v) is 7.67. The second-order valence-corrected chi connectivity index (χ2v) is 8.43. The van der Waals surface area contributed by atoms with Gasteiger partial charge in [-0.05, 0) is 80.0 Å². The van der Waals surface area contributed by atoms with E-state index >= 15 is 0 Å². The predicted octanol–water partition coefficient (Wildman–Crippen LogP) is 3.57. The molecule has 0 aromatic carbocycles. The van der Waals surface area contributed by atoms with Crippen molar-refractivity contribution in [2.75, 3.05) is 0 Å². The molecule has 0 aromatic rings. The normalized spacial score (nSPS) is 55.0. The van der Waals surface area contributed by atoms with Crippen molar-refractivity contribution >= 4 is 5.78 Å². The maximum Gasteiger partial charge on any atom is 0.133 e. The highest BCUT2D eigenvalue weighted by Gasteiger charge is 2.55. The lowest BCUT2D eigenvalue weighted by Gasteiger charge is -2.58. The van der Waals surface area contributed by atoms with Crippen LogP contribution in [0, 0.1) is 35.0 Å². The van der Waals surface area contributed by atoms with Crippen LogP contribution in [0.25, 0.3) is 0 Å². The van der Waals surface area contributed by atoms with E-state index in [1.165, 1.54) is 32.1 Å². The van der Waals surface area contributed by atoms with E-state index in [2.05, 4.69) is 6.92 Å². The first kappa shape index (κ1) is 13.3. The Hall–Kier alpha value is -0.370. The Labute approximate surface area is 122 Å². The van der Waals surface area contributed by atoms with Crippen LogP contribution < -0.4 is 0 Å². The lowest BCUT2D eigenvalue weighted by atomic mass is 9.47.